The number of fused-ring (bicyclic) bond motifs is 1. The Bertz CT molecular complexity index is 1010. The predicted molar refractivity (Wildman–Crippen MR) is 98.7 cm³/mol. The molecule has 1 aromatic carbocycles. The molecular formula is C20H23FN4O. The molecule has 6 heteroatoms. The number of likely N-dealkylation sites (tertiary alicyclic amines) is 1. The third-order valence-electron chi connectivity index (χ3n) is 5.35. The molecule has 136 valence electrons. The summed E-state index contributed by atoms with van der Waals surface area (Å²) >= 11 is 0. The van der Waals surface area contributed by atoms with E-state index >= 15 is 0 Å². The summed E-state index contributed by atoms with van der Waals surface area (Å²) < 4.78 is 15.1. The lowest BCUT2D eigenvalue weighted by Gasteiger charge is -2.35. The Morgan fingerprint density at radius 3 is 2.92 bits per heavy atom. The van der Waals surface area contributed by atoms with Gasteiger partial charge in [-0.05, 0) is 50.9 Å². The van der Waals surface area contributed by atoms with Gasteiger partial charge in [-0.2, -0.15) is 0 Å². The normalized spacial score (nSPS) is 18.5. The molecule has 0 saturated carbocycles. The van der Waals surface area contributed by atoms with Crippen molar-refractivity contribution >= 4 is 5.65 Å². The number of aromatic amines is 1. The van der Waals surface area contributed by atoms with Crippen LogP contribution in [0.5, 0.6) is 0 Å². The minimum Gasteiger partial charge on any atom is -0.292 e. The quantitative estimate of drug-likeness (QED) is 0.783. The van der Waals surface area contributed by atoms with Crippen molar-refractivity contribution in [2.75, 3.05) is 6.54 Å². The van der Waals surface area contributed by atoms with Crippen LogP contribution in [0, 0.1) is 19.7 Å². The molecule has 1 fully saturated rings. The van der Waals surface area contributed by atoms with Crippen molar-refractivity contribution < 1.29 is 4.39 Å². The minimum absolute atomic E-state index is 0.0498. The molecule has 0 aliphatic carbocycles. The van der Waals surface area contributed by atoms with Crippen molar-refractivity contribution in [3.8, 4) is 0 Å². The number of aromatic nitrogens is 3. The second kappa shape index (κ2) is 6.68. The molecule has 26 heavy (non-hydrogen) atoms. The maximum absolute atomic E-state index is 13.5. The zero-order valence-corrected chi connectivity index (χ0v) is 15.1. The molecule has 1 atom stereocenters. The smallest absolute Gasteiger partial charge is 0.275 e. The van der Waals surface area contributed by atoms with E-state index in [0.717, 1.165) is 42.8 Å². The zero-order chi connectivity index (χ0) is 18.3. The van der Waals surface area contributed by atoms with Crippen LogP contribution < -0.4 is 5.56 Å². The van der Waals surface area contributed by atoms with Gasteiger partial charge in [0.15, 0.2) is 5.65 Å². The van der Waals surface area contributed by atoms with Crippen LogP contribution in [0.25, 0.3) is 5.65 Å². The van der Waals surface area contributed by atoms with E-state index < -0.39 is 0 Å². The fraction of sp³-hybridized carbons (Fsp3) is 0.400. The van der Waals surface area contributed by atoms with Gasteiger partial charge >= 0.3 is 0 Å². The number of hydrogen-bond donors (Lipinski definition) is 1. The Balaban J connectivity index is 1.69. The second-order valence-corrected chi connectivity index (χ2v) is 7.14. The van der Waals surface area contributed by atoms with Gasteiger partial charge in [0.1, 0.15) is 5.82 Å². The highest BCUT2D eigenvalue weighted by atomic mass is 19.1. The van der Waals surface area contributed by atoms with E-state index in [-0.39, 0.29) is 17.4 Å². The molecular weight excluding hydrogens is 331 g/mol. The van der Waals surface area contributed by atoms with Crippen LogP contribution in [0.3, 0.4) is 0 Å². The molecule has 3 aromatic rings. The first kappa shape index (κ1) is 17.0. The standard InChI is InChI=1S/C20H23FN4O/c1-13-14(2)22-19-11-17(23-25(19)20(13)26)18-8-3-4-9-24(18)12-15-6-5-7-16(21)10-15/h5-7,10-11,18,23H,3-4,8-9,12H2,1-2H3. The van der Waals surface area contributed by atoms with Gasteiger partial charge in [-0.1, -0.05) is 18.6 Å². The molecule has 0 spiro atoms. The van der Waals surface area contributed by atoms with Crippen molar-refractivity contribution in [3.63, 3.8) is 0 Å². The summed E-state index contributed by atoms with van der Waals surface area (Å²) in [6.45, 7) is 5.31. The van der Waals surface area contributed by atoms with Gasteiger partial charge in [0.2, 0.25) is 0 Å². The number of rotatable bonds is 3. The second-order valence-electron chi connectivity index (χ2n) is 7.14. The third-order valence-corrected chi connectivity index (χ3v) is 5.35. The molecule has 4 rings (SSSR count). The molecule has 2 aromatic heterocycles. The number of H-pyrrole nitrogens is 1. The number of benzene rings is 1. The van der Waals surface area contributed by atoms with E-state index in [1.54, 1.807) is 19.1 Å². The summed E-state index contributed by atoms with van der Waals surface area (Å²) in [5, 5.41) is 3.25. The Kier molecular flexibility index (Phi) is 4.36. The number of nitrogens with one attached hydrogen (secondary N) is 1. The Labute approximate surface area is 151 Å². The first-order chi connectivity index (χ1) is 12.5. The van der Waals surface area contributed by atoms with Crippen LogP contribution >= 0.6 is 0 Å². The van der Waals surface area contributed by atoms with Gasteiger partial charge in [0.05, 0.1) is 11.7 Å². The molecule has 1 unspecified atom stereocenters. The molecule has 1 aliphatic heterocycles. The Morgan fingerprint density at radius 1 is 1.27 bits per heavy atom. The number of nitrogens with zero attached hydrogens (tertiary/aromatic N) is 3. The first-order valence-corrected chi connectivity index (χ1v) is 9.10. The summed E-state index contributed by atoms with van der Waals surface area (Å²) in [5.41, 5.74) is 4.00. The van der Waals surface area contributed by atoms with Crippen molar-refractivity contribution in [1.29, 1.82) is 0 Å². The van der Waals surface area contributed by atoms with E-state index in [1.807, 2.05) is 19.1 Å². The van der Waals surface area contributed by atoms with Crippen LogP contribution in [0.1, 0.15) is 47.8 Å². The maximum Gasteiger partial charge on any atom is 0.275 e. The van der Waals surface area contributed by atoms with Crippen LogP contribution in [-0.2, 0) is 6.54 Å². The van der Waals surface area contributed by atoms with Gasteiger partial charge in [-0.15, -0.1) is 0 Å². The molecule has 1 saturated heterocycles. The highest BCUT2D eigenvalue weighted by Crippen LogP contribution is 2.31. The highest BCUT2D eigenvalue weighted by molar-refractivity contribution is 5.42. The van der Waals surface area contributed by atoms with E-state index in [0.29, 0.717) is 17.8 Å². The summed E-state index contributed by atoms with van der Waals surface area (Å²) in [5.74, 6) is -0.205. The molecule has 1 aliphatic rings. The molecule has 1 N–H and O–H groups in total. The monoisotopic (exact) mass is 354 g/mol. The lowest BCUT2D eigenvalue weighted by atomic mass is 9.98. The third kappa shape index (κ3) is 3.05. The fourth-order valence-electron chi connectivity index (χ4n) is 3.81. The van der Waals surface area contributed by atoms with Crippen molar-refractivity contribution in [2.45, 2.75) is 45.7 Å². The van der Waals surface area contributed by atoms with Crippen LogP contribution in [0.4, 0.5) is 4.39 Å². The van der Waals surface area contributed by atoms with Crippen molar-refractivity contribution in [3.05, 3.63) is 69.0 Å². The van der Waals surface area contributed by atoms with Gasteiger partial charge in [-0.3, -0.25) is 14.8 Å². The molecule has 5 nitrogen and oxygen atoms in total. The minimum atomic E-state index is -0.205. The van der Waals surface area contributed by atoms with Gasteiger partial charge in [-0.25, -0.2) is 13.9 Å². The molecule has 0 bridgehead atoms. The number of halogens is 1. The maximum atomic E-state index is 13.5. The lowest BCUT2D eigenvalue weighted by molar-refractivity contribution is 0.137. The van der Waals surface area contributed by atoms with Crippen molar-refractivity contribution in [2.24, 2.45) is 0 Å². The van der Waals surface area contributed by atoms with Gasteiger partial charge in [0.25, 0.3) is 5.56 Å². The molecule has 3 heterocycles. The lowest BCUT2D eigenvalue weighted by Crippen LogP contribution is -2.33. The number of aryl methyl sites for hydroxylation is 1. The number of piperidine rings is 1. The Morgan fingerprint density at radius 2 is 2.12 bits per heavy atom. The first-order valence-electron chi connectivity index (χ1n) is 9.10. The van der Waals surface area contributed by atoms with Crippen LogP contribution in [0.2, 0.25) is 0 Å². The highest BCUT2D eigenvalue weighted by Gasteiger charge is 2.26. The van der Waals surface area contributed by atoms with E-state index in [2.05, 4.69) is 15.0 Å². The van der Waals surface area contributed by atoms with E-state index in [4.69, 9.17) is 0 Å². The van der Waals surface area contributed by atoms with Gasteiger partial charge < -0.3 is 0 Å². The largest absolute Gasteiger partial charge is 0.292 e. The predicted octanol–water partition coefficient (Wildman–Crippen LogP) is 3.51. The summed E-state index contributed by atoms with van der Waals surface area (Å²) in [6, 6.07) is 8.92. The van der Waals surface area contributed by atoms with Gasteiger partial charge in [0, 0.05) is 23.9 Å². The van der Waals surface area contributed by atoms with E-state index in [9.17, 15) is 9.18 Å². The van der Waals surface area contributed by atoms with Crippen LogP contribution in [-0.4, -0.2) is 26.0 Å². The van der Waals surface area contributed by atoms with Crippen LogP contribution in [0.15, 0.2) is 35.1 Å². The average Bonchev–Trinajstić information content (AvgIpc) is 3.04. The topological polar surface area (TPSA) is 53.4 Å². The molecule has 0 amide bonds. The average molecular weight is 354 g/mol. The van der Waals surface area contributed by atoms with E-state index in [1.165, 1.54) is 10.6 Å². The zero-order valence-electron chi connectivity index (χ0n) is 15.1. The Hall–Kier alpha value is -2.47. The summed E-state index contributed by atoms with van der Waals surface area (Å²) in [7, 11) is 0. The fourth-order valence-corrected chi connectivity index (χ4v) is 3.81. The number of hydrogen-bond acceptors (Lipinski definition) is 3. The molecule has 0 radical (unpaired) electrons. The summed E-state index contributed by atoms with van der Waals surface area (Å²) in [6.07, 6.45) is 3.28. The summed E-state index contributed by atoms with van der Waals surface area (Å²) in [4.78, 5) is 19.4. The SMILES string of the molecule is Cc1nc2cc(C3CCCCN3Cc3cccc(F)c3)[nH]n2c(=O)c1C. The van der Waals surface area contributed by atoms with Crippen molar-refractivity contribution in [1.82, 2.24) is 19.5 Å².